The first kappa shape index (κ1) is 18.6. The van der Waals surface area contributed by atoms with Crippen LogP contribution in [0, 0.1) is 6.92 Å². The first-order chi connectivity index (χ1) is 13.8. The van der Waals surface area contributed by atoms with Crippen molar-refractivity contribution in [3.05, 3.63) is 77.7 Å². The van der Waals surface area contributed by atoms with E-state index in [1.165, 1.54) is 5.56 Å². The lowest BCUT2D eigenvalue weighted by atomic mass is 10.1. The van der Waals surface area contributed by atoms with Gasteiger partial charge in [-0.05, 0) is 24.1 Å². The molecule has 4 rings (SSSR count). The summed E-state index contributed by atoms with van der Waals surface area (Å²) in [6, 6.07) is 18.5. The number of aromatic nitrogens is 2. The minimum absolute atomic E-state index is 0.609. The van der Waals surface area contributed by atoms with Gasteiger partial charge in [0, 0.05) is 38.3 Å². The van der Waals surface area contributed by atoms with Crippen LogP contribution in [0.15, 0.2) is 65.1 Å². The minimum Gasteiger partial charge on any atom is -0.419 e. The third-order valence-electron chi connectivity index (χ3n) is 5.14. The van der Waals surface area contributed by atoms with Crippen molar-refractivity contribution in [2.75, 3.05) is 32.7 Å². The second-order valence-electron chi connectivity index (χ2n) is 7.21. The highest BCUT2D eigenvalue weighted by Gasteiger charge is 2.19. The minimum atomic E-state index is 0.609. The van der Waals surface area contributed by atoms with Crippen molar-refractivity contribution in [1.29, 1.82) is 0 Å². The molecule has 2 aromatic carbocycles. The molecule has 1 aliphatic rings. The topological polar surface area (TPSA) is 45.4 Å². The maximum Gasteiger partial charge on any atom is 0.248 e. The van der Waals surface area contributed by atoms with Gasteiger partial charge in [-0.15, -0.1) is 10.2 Å². The average molecular weight is 374 g/mol. The second kappa shape index (κ2) is 8.95. The molecule has 1 fully saturated rings. The Bertz CT molecular complexity index is 911. The van der Waals surface area contributed by atoms with E-state index >= 15 is 0 Å². The Balaban J connectivity index is 1.26. The molecule has 0 unspecified atom stereocenters. The van der Waals surface area contributed by atoms with Gasteiger partial charge in [0.25, 0.3) is 0 Å². The van der Waals surface area contributed by atoms with Crippen molar-refractivity contribution < 1.29 is 4.42 Å². The SMILES string of the molecule is Cc1ccccc1-c1nnc(CN2CCN(C/C=C/c3ccccc3)CC2)o1. The van der Waals surface area contributed by atoms with Crippen molar-refractivity contribution in [3.8, 4) is 11.5 Å². The predicted molar refractivity (Wildman–Crippen MR) is 112 cm³/mol. The Labute approximate surface area is 166 Å². The van der Waals surface area contributed by atoms with E-state index in [0.29, 0.717) is 18.3 Å². The molecule has 0 bridgehead atoms. The number of benzene rings is 2. The molecule has 1 aromatic heterocycles. The Morgan fingerprint density at radius 3 is 2.39 bits per heavy atom. The summed E-state index contributed by atoms with van der Waals surface area (Å²) in [5.74, 6) is 1.30. The van der Waals surface area contributed by atoms with Gasteiger partial charge in [0.05, 0.1) is 6.54 Å². The van der Waals surface area contributed by atoms with Crippen molar-refractivity contribution in [3.63, 3.8) is 0 Å². The monoisotopic (exact) mass is 374 g/mol. The van der Waals surface area contributed by atoms with Crippen LogP contribution >= 0.6 is 0 Å². The zero-order chi connectivity index (χ0) is 19.2. The molecule has 3 aromatic rings. The van der Waals surface area contributed by atoms with Crippen LogP contribution in [0.25, 0.3) is 17.5 Å². The maximum atomic E-state index is 5.91. The van der Waals surface area contributed by atoms with Crippen LogP contribution in [0.3, 0.4) is 0 Å². The summed E-state index contributed by atoms with van der Waals surface area (Å²) in [6.45, 7) is 7.90. The summed E-state index contributed by atoms with van der Waals surface area (Å²) in [4.78, 5) is 4.86. The van der Waals surface area contributed by atoms with Gasteiger partial charge in [0.15, 0.2) is 0 Å². The van der Waals surface area contributed by atoms with Crippen LogP contribution in [0.1, 0.15) is 17.0 Å². The molecule has 0 saturated carbocycles. The number of rotatable bonds is 6. The smallest absolute Gasteiger partial charge is 0.248 e. The Hall–Kier alpha value is -2.76. The molecule has 2 heterocycles. The lowest BCUT2D eigenvalue weighted by Gasteiger charge is -2.33. The fraction of sp³-hybridized carbons (Fsp3) is 0.304. The molecule has 1 aliphatic heterocycles. The summed E-state index contributed by atoms with van der Waals surface area (Å²) >= 11 is 0. The van der Waals surface area contributed by atoms with E-state index in [9.17, 15) is 0 Å². The highest BCUT2D eigenvalue weighted by Crippen LogP contribution is 2.22. The third-order valence-corrected chi connectivity index (χ3v) is 5.14. The fourth-order valence-corrected chi connectivity index (χ4v) is 3.46. The van der Waals surface area contributed by atoms with Gasteiger partial charge < -0.3 is 4.42 Å². The molecule has 0 radical (unpaired) electrons. The maximum absolute atomic E-state index is 5.91. The summed E-state index contributed by atoms with van der Waals surface area (Å²) in [5, 5.41) is 8.48. The number of aryl methyl sites for hydroxylation is 1. The van der Waals surface area contributed by atoms with E-state index in [1.54, 1.807) is 0 Å². The van der Waals surface area contributed by atoms with Crippen molar-refractivity contribution in [2.45, 2.75) is 13.5 Å². The number of hydrogen-bond donors (Lipinski definition) is 0. The van der Waals surface area contributed by atoms with E-state index in [1.807, 2.05) is 24.3 Å². The average Bonchev–Trinajstić information content (AvgIpc) is 3.19. The first-order valence-corrected chi connectivity index (χ1v) is 9.82. The molecule has 0 atom stereocenters. The number of piperazine rings is 1. The summed E-state index contributed by atoms with van der Waals surface area (Å²) in [7, 11) is 0. The third kappa shape index (κ3) is 4.74. The van der Waals surface area contributed by atoms with Crippen LogP contribution in [-0.2, 0) is 6.54 Å². The fourth-order valence-electron chi connectivity index (χ4n) is 3.46. The quantitative estimate of drug-likeness (QED) is 0.655. The highest BCUT2D eigenvalue weighted by atomic mass is 16.4. The van der Waals surface area contributed by atoms with Gasteiger partial charge in [-0.3, -0.25) is 9.80 Å². The molecule has 5 heteroatoms. The van der Waals surface area contributed by atoms with Crippen LogP contribution in [-0.4, -0.2) is 52.7 Å². The van der Waals surface area contributed by atoms with Crippen molar-refractivity contribution >= 4 is 6.08 Å². The number of nitrogens with zero attached hydrogens (tertiary/aromatic N) is 4. The van der Waals surface area contributed by atoms with Crippen LogP contribution in [0.5, 0.6) is 0 Å². The van der Waals surface area contributed by atoms with Gasteiger partial charge in [-0.1, -0.05) is 60.7 Å². The lowest BCUT2D eigenvalue weighted by Crippen LogP contribution is -2.45. The highest BCUT2D eigenvalue weighted by molar-refractivity contribution is 5.57. The van der Waals surface area contributed by atoms with Crippen LogP contribution in [0.4, 0.5) is 0 Å². The molecule has 144 valence electrons. The molecule has 0 aliphatic carbocycles. The molecule has 0 N–H and O–H groups in total. The Kier molecular flexibility index (Phi) is 5.95. The zero-order valence-corrected chi connectivity index (χ0v) is 16.3. The normalized spacial score (nSPS) is 16.0. The Morgan fingerprint density at radius 1 is 0.893 bits per heavy atom. The number of hydrogen-bond acceptors (Lipinski definition) is 5. The van der Waals surface area contributed by atoms with E-state index in [-0.39, 0.29) is 0 Å². The summed E-state index contributed by atoms with van der Waals surface area (Å²) in [5.41, 5.74) is 3.41. The molecular weight excluding hydrogens is 348 g/mol. The first-order valence-electron chi connectivity index (χ1n) is 9.82. The molecule has 1 saturated heterocycles. The van der Waals surface area contributed by atoms with E-state index in [4.69, 9.17) is 4.42 Å². The largest absolute Gasteiger partial charge is 0.419 e. The molecular formula is C23H26N4O. The predicted octanol–water partition coefficient (Wildman–Crippen LogP) is 3.88. The van der Waals surface area contributed by atoms with Gasteiger partial charge in [0.2, 0.25) is 11.8 Å². The summed E-state index contributed by atoms with van der Waals surface area (Å²) in [6.07, 6.45) is 4.44. The van der Waals surface area contributed by atoms with Crippen LogP contribution in [0.2, 0.25) is 0 Å². The molecule has 5 nitrogen and oxygen atoms in total. The standard InChI is InChI=1S/C23H26N4O/c1-19-8-5-6-12-21(19)23-25-24-22(28-23)18-27-16-14-26(15-17-27)13-7-11-20-9-3-2-4-10-20/h2-12H,13-18H2,1H3/b11-7+. The van der Waals surface area contributed by atoms with Gasteiger partial charge in [-0.2, -0.15) is 0 Å². The Morgan fingerprint density at radius 2 is 1.61 bits per heavy atom. The van der Waals surface area contributed by atoms with Crippen molar-refractivity contribution in [2.24, 2.45) is 0 Å². The van der Waals surface area contributed by atoms with Gasteiger partial charge in [-0.25, -0.2) is 0 Å². The molecule has 28 heavy (non-hydrogen) atoms. The van der Waals surface area contributed by atoms with E-state index in [0.717, 1.165) is 43.9 Å². The second-order valence-corrected chi connectivity index (χ2v) is 7.21. The zero-order valence-electron chi connectivity index (χ0n) is 16.3. The van der Waals surface area contributed by atoms with E-state index in [2.05, 4.69) is 69.4 Å². The molecule has 0 amide bonds. The summed E-state index contributed by atoms with van der Waals surface area (Å²) < 4.78 is 5.91. The van der Waals surface area contributed by atoms with E-state index < -0.39 is 0 Å². The lowest BCUT2D eigenvalue weighted by molar-refractivity contribution is 0.128. The molecule has 0 spiro atoms. The van der Waals surface area contributed by atoms with Gasteiger partial charge >= 0.3 is 0 Å². The van der Waals surface area contributed by atoms with Crippen LogP contribution < -0.4 is 0 Å². The van der Waals surface area contributed by atoms with Crippen molar-refractivity contribution in [1.82, 2.24) is 20.0 Å². The van der Waals surface area contributed by atoms with Gasteiger partial charge in [0.1, 0.15) is 0 Å².